The van der Waals surface area contributed by atoms with Gasteiger partial charge in [-0.2, -0.15) is 0 Å². The third-order valence-corrected chi connectivity index (χ3v) is 6.96. The number of nitrogens with zero attached hydrogens (tertiary/aromatic N) is 3. The highest BCUT2D eigenvalue weighted by atomic mass is 35.5. The average molecular weight is 471 g/mol. The fourth-order valence-corrected chi connectivity index (χ4v) is 5.15. The maximum Gasteiger partial charge on any atom is 0.260 e. The molecule has 3 heterocycles. The number of carbonyl (C=O) groups is 1. The number of hydrogen-bond donors (Lipinski definition) is 1. The minimum Gasteiger partial charge on any atom is -0.361 e. The summed E-state index contributed by atoms with van der Waals surface area (Å²) in [6.45, 7) is 3.78. The van der Waals surface area contributed by atoms with E-state index >= 15 is 0 Å². The standard InChI is InChI=1S/C22H19ClN4O2S2/c1-13-18(14(2)29-27-13)12-30-21-17(7-5-9-24-21)20(28)26-22-25-11-16(31-22)10-15-6-3-4-8-19(15)23/h3-9,11H,10,12H2,1-2H3,(H,25,26,28). The number of nitrogens with one attached hydrogen (secondary N) is 1. The van der Waals surface area contributed by atoms with Gasteiger partial charge in [-0.05, 0) is 37.6 Å². The topological polar surface area (TPSA) is 80.9 Å². The van der Waals surface area contributed by atoms with Crippen molar-refractivity contribution < 1.29 is 9.32 Å². The third-order valence-electron chi connectivity index (χ3n) is 4.65. The van der Waals surface area contributed by atoms with E-state index in [1.165, 1.54) is 23.1 Å². The van der Waals surface area contributed by atoms with E-state index in [-0.39, 0.29) is 5.91 Å². The van der Waals surface area contributed by atoms with E-state index in [0.29, 0.717) is 27.9 Å². The molecule has 0 aliphatic carbocycles. The first-order valence-corrected chi connectivity index (χ1v) is 11.7. The van der Waals surface area contributed by atoms with E-state index in [2.05, 4.69) is 20.4 Å². The lowest BCUT2D eigenvalue weighted by Gasteiger charge is -2.07. The number of benzene rings is 1. The van der Waals surface area contributed by atoms with Crippen molar-refractivity contribution in [2.24, 2.45) is 0 Å². The number of carbonyl (C=O) groups excluding carboxylic acids is 1. The lowest BCUT2D eigenvalue weighted by molar-refractivity contribution is 0.102. The predicted molar refractivity (Wildman–Crippen MR) is 124 cm³/mol. The molecule has 1 amide bonds. The Morgan fingerprint density at radius 2 is 2.03 bits per heavy atom. The first-order chi connectivity index (χ1) is 15.0. The molecule has 4 aromatic rings. The van der Waals surface area contributed by atoms with Gasteiger partial charge in [-0.3, -0.25) is 10.1 Å². The van der Waals surface area contributed by atoms with Crippen LogP contribution in [-0.2, 0) is 12.2 Å². The molecule has 0 saturated carbocycles. The second-order valence-electron chi connectivity index (χ2n) is 6.80. The summed E-state index contributed by atoms with van der Waals surface area (Å²) in [5.74, 6) is 1.16. The summed E-state index contributed by atoms with van der Waals surface area (Å²) < 4.78 is 5.21. The van der Waals surface area contributed by atoms with E-state index in [4.69, 9.17) is 16.1 Å². The molecule has 0 aliphatic rings. The number of anilines is 1. The molecule has 0 fully saturated rings. The Bertz CT molecular complexity index is 1200. The zero-order chi connectivity index (χ0) is 21.8. The predicted octanol–water partition coefficient (Wildman–Crippen LogP) is 5.93. The summed E-state index contributed by atoms with van der Waals surface area (Å²) in [7, 11) is 0. The summed E-state index contributed by atoms with van der Waals surface area (Å²) in [6, 6.07) is 11.2. The molecular weight excluding hydrogens is 452 g/mol. The summed E-state index contributed by atoms with van der Waals surface area (Å²) in [4.78, 5) is 22.7. The largest absolute Gasteiger partial charge is 0.361 e. The number of aryl methyl sites for hydroxylation is 2. The van der Waals surface area contributed by atoms with Crippen LogP contribution in [0.4, 0.5) is 5.13 Å². The molecule has 0 bridgehead atoms. The van der Waals surface area contributed by atoms with Gasteiger partial charge < -0.3 is 4.52 Å². The SMILES string of the molecule is Cc1noc(C)c1CSc1ncccc1C(=O)Nc1ncc(Cc2ccccc2Cl)s1. The highest BCUT2D eigenvalue weighted by Crippen LogP contribution is 2.29. The van der Waals surface area contributed by atoms with E-state index < -0.39 is 0 Å². The third kappa shape index (κ3) is 5.15. The molecule has 0 unspecified atom stereocenters. The molecule has 0 radical (unpaired) electrons. The van der Waals surface area contributed by atoms with Crippen LogP contribution in [0.25, 0.3) is 0 Å². The quantitative estimate of drug-likeness (QED) is 0.337. The number of rotatable bonds is 7. The minimum atomic E-state index is -0.243. The number of hydrogen-bond acceptors (Lipinski definition) is 7. The first-order valence-electron chi connectivity index (χ1n) is 9.50. The smallest absolute Gasteiger partial charge is 0.260 e. The van der Waals surface area contributed by atoms with Crippen molar-refractivity contribution in [1.82, 2.24) is 15.1 Å². The number of halogens is 1. The van der Waals surface area contributed by atoms with Crippen molar-refractivity contribution in [1.29, 1.82) is 0 Å². The van der Waals surface area contributed by atoms with Gasteiger partial charge >= 0.3 is 0 Å². The monoisotopic (exact) mass is 470 g/mol. The Morgan fingerprint density at radius 1 is 1.19 bits per heavy atom. The zero-order valence-electron chi connectivity index (χ0n) is 16.9. The van der Waals surface area contributed by atoms with Crippen molar-refractivity contribution >= 4 is 45.7 Å². The van der Waals surface area contributed by atoms with Crippen molar-refractivity contribution in [3.63, 3.8) is 0 Å². The van der Waals surface area contributed by atoms with Gasteiger partial charge in [0.25, 0.3) is 5.91 Å². The molecule has 9 heteroatoms. The maximum absolute atomic E-state index is 12.9. The highest BCUT2D eigenvalue weighted by Gasteiger charge is 2.17. The molecule has 0 atom stereocenters. The summed E-state index contributed by atoms with van der Waals surface area (Å²) in [5, 5.41) is 8.77. The number of thiazole rings is 1. The molecule has 0 spiro atoms. The second kappa shape index (κ2) is 9.64. The number of pyridine rings is 1. The van der Waals surface area contributed by atoms with Crippen LogP contribution in [0, 0.1) is 13.8 Å². The fourth-order valence-electron chi connectivity index (χ4n) is 2.97. The van der Waals surface area contributed by atoms with Gasteiger partial charge in [0.15, 0.2) is 5.13 Å². The molecule has 158 valence electrons. The summed E-state index contributed by atoms with van der Waals surface area (Å²) in [5.41, 5.74) is 3.39. The van der Waals surface area contributed by atoms with Crippen LogP contribution in [-0.4, -0.2) is 21.0 Å². The van der Waals surface area contributed by atoms with Gasteiger partial charge in [0.2, 0.25) is 0 Å². The fraction of sp³-hybridized carbons (Fsp3) is 0.182. The Balaban J connectivity index is 1.45. The van der Waals surface area contributed by atoms with Gasteiger partial charge in [0.05, 0.1) is 11.3 Å². The van der Waals surface area contributed by atoms with Crippen molar-refractivity contribution in [3.05, 3.63) is 86.8 Å². The maximum atomic E-state index is 12.9. The molecule has 1 aromatic carbocycles. The molecule has 3 aromatic heterocycles. The Labute approximate surface area is 193 Å². The number of thioether (sulfide) groups is 1. The van der Waals surface area contributed by atoms with Crippen LogP contribution in [0.15, 0.2) is 58.3 Å². The van der Waals surface area contributed by atoms with Gasteiger partial charge in [0.1, 0.15) is 10.8 Å². The van der Waals surface area contributed by atoms with E-state index in [1.807, 2.05) is 38.1 Å². The summed E-state index contributed by atoms with van der Waals surface area (Å²) >= 11 is 9.15. The van der Waals surface area contributed by atoms with E-state index in [1.54, 1.807) is 24.5 Å². The van der Waals surface area contributed by atoms with Crippen LogP contribution < -0.4 is 5.32 Å². The van der Waals surface area contributed by atoms with Crippen LogP contribution in [0.1, 0.15) is 37.8 Å². The Kier molecular flexibility index (Phi) is 6.70. The van der Waals surface area contributed by atoms with Gasteiger partial charge in [-0.25, -0.2) is 9.97 Å². The molecule has 4 rings (SSSR count). The first kappa shape index (κ1) is 21.5. The molecule has 1 N–H and O–H groups in total. The Morgan fingerprint density at radius 3 is 2.81 bits per heavy atom. The number of amides is 1. The van der Waals surface area contributed by atoms with Crippen LogP contribution in [0.3, 0.4) is 0 Å². The summed E-state index contributed by atoms with van der Waals surface area (Å²) in [6.07, 6.45) is 4.11. The normalized spacial score (nSPS) is 10.9. The lowest BCUT2D eigenvalue weighted by atomic mass is 10.1. The Hall–Kier alpha value is -2.68. The van der Waals surface area contributed by atoms with Gasteiger partial charge in [0, 0.05) is 40.0 Å². The van der Waals surface area contributed by atoms with Crippen molar-refractivity contribution in [3.8, 4) is 0 Å². The molecule has 0 saturated heterocycles. The van der Waals surface area contributed by atoms with Crippen LogP contribution >= 0.6 is 34.7 Å². The highest BCUT2D eigenvalue weighted by molar-refractivity contribution is 7.98. The minimum absolute atomic E-state index is 0.243. The molecule has 31 heavy (non-hydrogen) atoms. The lowest BCUT2D eigenvalue weighted by Crippen LogP contribution is -2.13. The van der Waals surface area contributed by atoms with Crippen molar-refractivity contribution in [2.75, 3.05) is 5.32 Å². The van der Waals surface area contributed by atoms with E-state index in [9.17, 15) is 4.79 Å². The number of aromatic nitrogens is 3. The van der Waals surface area contributed by atoms with Gasteiger partial charge in [-0.15, -0.1) is 23.1 Å². The van der Waals surface area contributed by atoms with Crippen molar-refractivity contribution in [2.45, 2.75) is 31.0 Å². The van der Waals surface area contributed by atoms with Crippen LogP contribution in [0.5, 0.6) is 0 Å². The molecule has 6 nitrogen and oxygen atoms in total. The second-order valence-corrected chi connectivity index (χ2v) is 9.29. The zero-order valence-corrected chi connectivity index (χ0v) is 19.3. The van der Waals surface area contributed by atoms with E-state index in [0.717, 1.165) is 32.5 Å². The molecule has 0 aliphatic heterocycles. The average Bonchev–Trinajstić information content (AvgIpc) is 3.34. The van der Waals surface area contributed by atoms with Crippen LogP contribution in [0.2, 0.25) is 5.02 Å². The van der Waals surface area contributed by atoms with Gasteiger partial charge in [-0.1, -0.05) is 35.0 Å². The molecular formula is C22H19ClN4O2S2.